The lowest BCUT2D eigenvalue weighted by atomic mass is 9.69. The Morgan fingerprint density at radius 2 is 1.97 bits per heavy atom. The lowest BCUT2D eigenvalue weighted by Crippen LogP contribution is -2.24. The first kappa shape index (κ1) is 23.0. The number of aliphatic hydroxyl groups is 1. The third-order valence-electron chi connectivity index (χ3n) is 7.13. The molecule has 0 saturated heterocycles. The number of anilines is 1. The number of aryl methyl sites for hydroxylation is 2. The van der Waals surface area contributed by atoms with Gasteiger partial charge in [0, 0.05) is 36.1 Å². The summed E-state index contributed by atoms with van der Waals surface area (Å²) in [4.78, 5) is 12.9. The molecule has 1 atom stereocenters. The largest absolute Gasteiger partial charge is 0.396 e. The third-order valence-corrected chi connectivity index (χ3v) is 7.13. The van der Waals surface area contributed by atoms with Crippen LogP contribution in [0, 0.1) is 25.7 Å². The molecule has 0 unspecified atom stereocenters. The van der Waals surface area contributed by atoms with Crippen LogP contribution in [-0.4, -0.2) is 22.8 Å². The molecule has 1 heterocycles. The number of aliphatic hydroxyl groups excluding tert-OH is 1. The lowest BCUT2D eigenvalue weighted by molar-refractivity contribution is -0.116. The molecular weight excluding hydrogens is 400 g/mol. The molecular formula is C27H38N2O3. The minimum atomic E-state index is -0.120. The number of nitrogens with one attached hydrogen (secondary N) is 1. The number of hydrogen-bond acceptors (Lipinski definition) is 4. The number of amides is 1. The summed E-state index contributed by atoms with van der Waals surface area (Å²) in [6, 6.07) is 6.03. The average Bonchev–Trinajstić information content (AvgIpc) is 3.45. The van der Waals surface area contributed by atoms with E-state index in [-0.39, 0.29) is 18.4 Å². The van der Waals surface area contributed by atoms with E-state index in [1.54, 1.807) is 0 Å². The lowest BCUT2D eigenvalue weighted by Gasteiger charge is -2.35. The van der Waals surface area contributed by atoms with Crippen LogP contribution in [0.2, 0.25) is 0 Å². The predicted octanol–water partition coefficient (Wildman–Crippen LogP) is 6.20. The molecule has 0 spiro atoms. The van der Waals surface area contributed by atoms with Crippen LogP contribution in [0.1, 0.15) is 105 Å². The quantitative estimate of drug-likeness (QED) is 0.463. The second-order valence-corrected chi connectivity index (χ2v) is 10.6. The van der Waals surface area contributed by atoms with Gasteiger partial charge in [0.25, 0.3) is 0 Å². The third kappa shape index (κ3) is 5.25. The van der Waals surface area contributed by atoms with Crippen LogP contribution in [0.5, 0.6) is 0 Å². The summed E-state index contributed by atoms with van der Waals surface area (Å²) in [5, 5.41) is 17.3. The maximum atomic E-state index is 12.9. The number of carbonyl (C=O) groups excluding carboxylic acids is 1. The normalized spacial score (nSPS) is 21.4. The molecule has 1 amide bonds. The standard InChI is InChI=1S/C27H38N2O3/c1-16(2)11-19-13-22(14-19)27-25(20-6-7-20)26(29-32-27)21(9-10-30)15-24(31)28-23-8-5-17(3)12-18(23)4/h5,8,12,16,19-22,30H,6-7,9-11,13-15H2,1-4H3,(H,28,31)/t19-,21-,22+/m0/s1. The molecule has 0 bridgehead atoms. The molecule has 2 fully saturated rings. The first-order valence-electron chi connectivity index (χ1n) is 12.3. The molecule has 2 N–H and O–H groups in total. The topological polar surface area (TPSA) is 75.4 Å². The van der Waals surface area contributed by atoms with Gasteiger partial charge >= 0.3 is 0 Å². The highest BCUT2D eigenvalue weighted by Gasteiger charge is 2.41. The summed E-state index contributed by atoms with van der Waals surface area (Å²) in [5.41, 5.74) is 5.25. The van der Waals surface area contributed by atoms with Crippen LogP contribution < -0.4 is 5.32 Å². The van der Waals surface area contributed by atoms with Gasteiger partial charge in [-0.3, -0.25) is 4.79 Å². The van der Waals surface area contributed by atoms with Crippen LogP contribution >= 0.6 is 0 Å². The van der Waals surface area contributed by atoms with Gasteiger partial charge in [-0.25, -0.2) is 0 Å². The van der Waals surface area contributed by atoms with Gasteiger partial charge in [-0.2, -0.15) is 0 Å². The second-order valence-electron chi connectivity index (χ2n) is 10.6. The number of aromatic nitrogens is 1. The SMILES string of the molecule is Cc1ccc(NC(=O)C[C@H](CCO)c2noc([C@H]3C[C@@H](CC(C)C)C3)c2C2CC2)c(C)c1. The van der Waals surface area contributed by atoms with Gasteiger partial charge < -0.3 is 14.9 Å². The Balaban J connectivity index is 1.48. The van der Waals surface area contributed by atoms with E-state index in [0.29, 0.717) is 24.7 Å². The number of rotatable bonds is 10. The van der Waals surface area contributed by atoms with Crippen molar-refractivity contribution in [3.05, 3.63) is 46.3 Å². The molecule has 174 valence electrons. The Bertz CT molecular complexity index is 938. The smallest absolute Gasteiger partial charge is 0.225 e. The highest BCUT2D eigenvalue weighted by molar-refractivity contribution is 5.92. The van der Waals surface area contributed by atoms with Crippen molar-refractivity contribution < 1.29 is 14.4 Å². The zero-order chi connectivity index (χ0) is 22.8. The Hall–Kier alpha value is -2.14. The van der Waals surface area contributed by atoms with Crippen molar-refractivity contribution in [1.82, 2.24) is 5.16 Å². The molecule has 32 heavy (non-hydrogen) atoms. The van der Waals surface area contributed by atoms with Crippen molar-refractivity contribution in [2.24, 2.45) is 11.8 Å². The minimum absolute atomic E-state index is 0.0354. The second kappa shape index (κ2) is 9.78. The molecule has 5 heteroatoms. The van der Waals surface area contributed by atoms with Crippen molar-refractivity contribution in [2.75, 3.05) is 11.9 Å². The van der Waals surface area contributed by atoms with E-state index in [2.05, 4.69) is 30.4 Å². The number of hydrogen-bond donors (Lipinski definition) is 2. The molecule has 2 saturated carbocycles. The van der Waals surface area contributed by atoms with Gasteiger partial charge in [-0.1, -0.05) is 36.7 Å². The van der Waals surface area contributed by atoms with Crippen LogP contribution in [0.4, 0.5) is 5.69 Å². The maximum Gasteiger partial charge on any atom is 0.225 e. The summed E-state index contributed by atoms with van der Waals surface area (Å²) < 4.78 is 5.95. The van der Waals surface area contributed by atoms with E-state index in [1.165, 1.54) is 43.2 Å². The fourth-order valence-electron chi connectivity index (χ4n) is 5.37. The average molecular weight is 439 g/mol. The van der Waals surface area contributed by atoms with Gasteiger partial charge in [0.2, 0.25) is 5.91 Å². The number of carbonyl (C=O) groups is 1. The Kier molecular flexibility index (Phi) is 7.04. The van der Waals surface area contributed by atoms with Crippen LogP contribution in [-0.2, 0) is 4.79 Å². The van der Waals surface area contributed by atoms with Crippen molar-refractivity contribution in [1.29, 1.82) is 0 Å². The first-order chi connectivity index (χ1) is 15.4. The van der Waals surface area contributed by atoms with Crippen molar-refractivity contribution in [2.45, 2.75) is 90.4 Å². The highest BCUT2D eigenvalue weighted by Crippen LogP contribution is 2.52. The van der Waals surface area contributed by atoms with Gasteiger partial charge in [-0.05, 0) is 81.8 Å². The summed E-state index contributed by atoms with van der Waals surface area (Å²) in [6.45, 7) is 8.67. The van der Waals surface area contributed by atoms with Crippen molar-refractivity contribution >= 4 is 11.6 Å². The van der Waals surface area contributed by atoms with Gasteiger partial charge in [0.15, 0.2) is 0 Å². The fourth-order valence-corrected chi connectivity index (χ4v) is 5.37. The number of benzene rings is 1. The Morgan fingerprint density at radius 1 is 1.22 bits per heavy atom. The molecule has 1 aromatic carbocycles. The van der Waals surface area contributed by atoms with E-state index < -0.39 is 0 Å². The molecule has 1 aromatic heterocycles. The summed E-state index contributed by atoms with van der Waals surface area (Å²) >= 11 is 0. The zero-order valence-corrected chi connectivity index (χ0v) is 20.0. The molecule has 2 aromatic rings. The van der Waals surface area contributed by atoms with Crippen molar-refractivity contribution in [3.63, 3.8) is 0 Å². The molecule has 4 rings (SSSR count). The number of nitrogens with zero attached hydrogens (tertiary/aromatic N) is 1. The van der Waals surface area contributed by atoms with Crippen LogP contribution in [0.25, 0.3) is 0 Å². The van der Waals surface area contributed by atoms with E-state index in [1.807, 2.05) is 26.0 Å². The van der Waals surface area contributed by atoms with Gasteiger partial charge in [0.05, 0.1) is 5.69 Å². The van der Waals surface area contributed by atoms with E-state index in [4.69, 9.17) is 4.52 Å². The minimum Gasteiger partial charge on any atom is -0.396 e. The highest BCUT2D eigenvalue weighted by atomic mass is 16.5. The maximum absolute atomic E-state index is 12.9. The summed E-state index contributed by atoms with van der Waals surface area (Å²) in [7, 11) is 0. The van der Waals surface area contributed by atoms with E-state index >= 15 is 0 Å². The van der Waals surface area contributed by atoms with E-state index in [0.717, 1.165) is 34.5 Å². The van der Waals surface area contributed by atoms with Crippen LogP contribution in [0.15, 0.2) is 22.7 Å². The monoisotopic (exact) mass is 438 g/mol. The molecule has 2 aliphatic carbocycles. The summed E-state index contributed by atoms with van der Waals surface area (Å²) in [6.07, 6.45) is 6.82. The molecule has 0 radical (unpaired) electrons. The first-order valence-corrected chi connectivity index (χ1v) is 12.3. The molecule has 0 aliphatic heterocycles. The van der Waals surface area contributed by atoms with E-state index in [9.17, 15) is 9.90 Å². The zero-order valence-electron chi connectivity index (χ0n) is 20.0. The van der Waals surface area contributed by atoms with Crippen molar-refractivity contribution in [3.8, 4) is 0 Å². The Labute approximate surface area is 192 Å². The Morgan fingerprint density at radius 3 is 2.59 bits per heavy atom. The summed E-state index contributed by atoms with van der Waals surface area (Å²) in [5.74, 6) is 3.41. The van der Waals surface area contributed by atoms with Gasteiger partial charge in [0.1, 0.15) is 5.76 Å². The fraction of sp³-hybridized carbons (Fsp3) is 0.630. The molecule has 5 nitrogen and oxygen atoms in total. The van der Waals surface area contributed by atoms with Gasteiger partial charge in [-0.15, -0.1) is 0 Å². The molecule has 2 aliphatic rings. The predicted molar refractivity (Wildman–Crippen MR) is 127 cm³/mol. The van der Waals surface area contributed by atoms with Crippen LogP contribution in [0.3, 0.4) is 0 Å².